The van der Waals surface area contributed by atoms with Crippen LogP contribution in [0.2, 0.25) is 0 Å². The molecule has 1 atom stereocenters. The molecule has 0 aromatic carbocycles. The molecule has 0 aliphatic heterocycles. The first kappa shape index (κ1) is 16.9. The van der Waals surface area contributed by atoms with Crippen molar-refractivity contribution in [2.75, 3.05) is 0 Å². The lowest BCUT2D eigenvalue weighted by atomic mass is 9.88. The molecule has 1 unspecified atom stereocenters. The Morgan fingerprint density at radius 1 is 1.17 bits per heavy atom. The maximum absolute atomic E-state index is 11.6. The Morgan fingerprint density at radius 2 is 1.72 bits per heavy atom. The van der Waals surface area contributed by atoms with Gasteiger partial charge in [-0.1, -0.05) is 34.6 Å². The van der Waals surface area contributed by atoms with Crippen LogP contribution in [0.1, 0.15) is 60.3 Å². The van der Waals surface area contributed by atoms with E-state index in [1.165, 1.54) is 0 Å². The molecule has 0 saturated carbocycles. The molecule has 0 fully saturated rings. The lowest BCUT2D eigenvalue weighted by molar-refractivity contribution is -0.142. The zero-order chi connectivity index (χ0) is 14.3. The smallest absolute Gasteiger partial charge is 0.326 e. The Bertz CT molecular complexity index is 279. The van der Waals surface area contributed by atoms with E-state index in [4.69, 9.17) is 5.11 Å². The highest BCUT2D eigenvalue weighted by atomic mass is 16.4. The largest absolute Gasteiger partial charge is 0.480 e. The van der Waals surface area contributed by atoms with Crippen molar-refractivity contribution in [1.82, 2.24) is 5.32 Å². The molecule has 0 aromatic rings. The van der Waals surface area contributed by atoms with Crippen LogP contribution >= 0.6 is 0 Å². The number of amides is 1. The topological polar surface area (TPSA) is 66.4 Å². The summed E-state index contributed by atoms with van der Waals surface area (Å²) in [6, 6.07) is -0.760. The minimum Gasteiger partial charge on any atom is -0.480 e. The van der Waals surface area contributed by atoms with Crippen molar-refractivity contribution in [1.29, 1.82) is 0 Å². The summed E-state index contributed by atoms with van der Waals surface area (Å²) in [5.74, 6) is -0.657. The van der Waals surface area contributed by atoms with Gasteiger partial charge in [-0.3, -0.25) is 4.79 Å². The number of carboxylic acids is 1. The van der Waals surface area contributed by atoms with E-state index in [0.29, 0.717) is 18.8 Å². The first-order valence-electron chi connectivity index (χ1n) is 6.64. The molecule has 1 amide bonds. The second kappa shape index (κ2) is 7.39. The molecule has 0 saturated heterocycles. The highest BCUT2D eigenvalue weighted by Gasteiger charge is 2.22. The normalized spacial score (nSPS) is 13.4. The zero-order valence-corrected chi connectivity index (χ0v) is 12.2. The number of carbonyl (C=O) groups excluding carboxylic acids is 1. The van der Waals surface area contributed by atoms with Crippen LogP contribution in [-0.4, -0.2) is 23.0 Å². The highest BCUT2D eigenvalue weighted by Crippen LogP contribution is 2.21. The van der Waals surface area contributed by atoms with Crippen molar-refractivity contribution < 1.29 is 14.7 Å². The molecule has 0 heterocycles. The summed E-state index contributed by atoms with van der Waals surface area (Å²) in [4.78, 5) is 22.7. The van der Waals surface area contributed by atoms with Crippen LogP contribution in [0, 0.1) is 11.3 Å². The molecular weight excluding hydrogens is 230 g/mol. The maximum atomic E-state index is 11.6. The van der Waals surface area contributed by atoms with Crippen molar-refractivity contribution in [3.05, 3.63) is 0 Å². The van der Waals surface area contributed by atoms with Gasteiger partial charge in [0.25, 0.3) is 0 Å². The fraction of sp³-hybridized carbons (Fsp3) is 0.857. The molecule has 106 valence electrons. The number of carbonyl (C=O) groups is 2. The average molecular weight is 257 g/mol. The summed E-state index contributed by atoms with van der Waals surface area (Å²) in [5, 5.41) is 11.7. The summed E-state index contributed by atoms with van der Waals surface area (Å²) < 4.78 is 0. The van der Waals surface area contributed by atoms with Crippen molar-refractivity contribution >= 4 is 11.9 Å². The van der Waals surface area contributed by atoms with Gasteiger partial charge in [-0.2, -0.15) is 0 Å². The lowest BCUT2D eigenvalue weighted by Gasteiger charge is -2.21. The van der Waals surface area contributed by atoms with Gasteiger partial charge in [-0.05, 0) is 30.6 Å². The second-order valence-electron chi connectivity index (χ2n) is 6.49. The van der Waals surface area contributed by atoms with E-state index in [1.807, 2.05) is 13.8 Å². The SMILES string of the molecule is CC(C)CCC(=O)NC(CCC(C)(C)C)C(=O)O. The first-order valence-corrected chi connectivity index (χ1v) is 6.64. The summed E-state index contributed by atoms with van der Waals surface area (Å²) in [6.07, 6.45) is 2.44. The third kappa shape index (κ3) is 9.02. The molecular formula is C14H27NO3. The Hall–Kier alpha value is -1.06. The molecule has 0 rings (SSSR count). The monoisotopic (exact) mass is 257 g/mol. The molecule has 0 radical (unpaired) electrons. The molecule has 2 N–H and O–H groups in total. The molecule has 0 aromatic heterocycles. The number of carboxylic acid groups (broad SMARTS) is 1. The van der Waals surface area contributed by atoms with Crippen molar-refractivity contribution in [3.63, 3.8) is 0 Å². The van der Waals surface area contributed by atoms with Gasteiger partial charge in [0.05, 0.1) is 0 Å². The third-order valence-electron chi connectivity index (χ3n) is 2.77. The van der Waals surface area contributed by atoms with E-state index in [0.717, 1.165) is 12.8 Å². The number of aliphatic carboxylic acids is 1. The van der Waals surface area contributed by atoms with Crippen molar-refractivity contribution in [3.8, 4) is 0 Å². The summed E-state index contributed by atoms with van der Waals surface area (Å²) >= 11 is 0. The van der Waals surface area contributed by atoms with Crippen LogP contribution in [-0.2, 0) is 9.59 Å². The predicted molar refractivity (Wildman–Crippen MR) is 72.3 cm³/mol. The maximum Gasteiger partial charge on any atom is 0.326 e. The average Bonchev–Trinajstić information content (AvgIpc) is 2.19. The fourth-order valence-corrected chi connectivity index (χ4v) is 1.52. The van der Waals surface area contributed by atoms with E-state index in [2.05, 4.69) is 26.1 Å². The van der Waals surface area contributed by atoms with E-state index >= 15 is 0 Å². The van der Waals surface area contributed by atoms with Gasteiger partial charge in [-0.25, -0.2) is 4.79 Å². The van der Waals surface area contributed by atoms with Crippen LogP contribution < -0.4 is 5.32 Å². The summed E-state index contributed by atoms with van der Waals surface area (Å²) in [6.45, 7) is 10.3. The molecule has 4 heteroatoms. The minimum atomic E-state index is -0.947. The molecule has 0 aliphatic rings. The van der Waals surface area contributed by atoms with Gasteiger partial charge in [0.15, 0.2) is 0 Å². The molecule has 4 nitrogen and oxygen atoms in total. The molecule has 18 heavy (non-hydrogen) atoms. The van der Waals surface area contributed by atoms with Gasteiger partial charge in [0, 0.05) is 6.42 Å². The van der Waals surface area contributed by atoms with Gasteiger partial charge in [0.2, 0.25) is 5.91 Å². The summed E-state index contributed by atoms with van der Waals surface area (Å²) in [7, 11) is 0. The van der Waals surface area contributed by atoms with Crippen LogP contribution in [0.25, 0.3) is 0 Å². The van der Waals surface area contributed by atoms with Crippen LogP contribution in [0.3, 0.4) is 0 Å². The van der Waals surface area contributed by atoms with Crippen LogP contribution in [0.4, 0.5) is 0 Å². The minimum absolute atomic E-state index is 0.0797. The number of rotatable bonds is 7. The summed E-state index contributed by atoms with van der Waals surface area (Å²) in [5.41, 5.74) is 0.0797. The van der Waals surface area contributed by atoms with Crippen LogP contribution in [0.5, 0.6) is 0 Å². The van der Waals surface area contributed by atoms with Gasteiger partial charge in [-0.15, -0.1) is 0 Å². The number of hydrogen-bond acceptors (Lipinski definition) is 2. The van der Waals surface area contributed by atoms with E-state index < -0.39 is 12.0 Å². The fourth-order valence-electron chi connectivity index (χ4n) is 1.52. The van der Waals surface area contributed by atoms with Crippen LogP contribution in [0.15, 0.2) is 0 Å². The lowest BCUT2D eigenvalue weighted by Crippen LogP contribution is -2.41. The molecule has 0 spiro atoms. The Labute approximate surface area is 110 Å². The Kier molecular flexibility index (Phi) is 6.96. The standard InChI is InChI=1S/C14H27NO3/c1-10(2)6-7-12(16)15-11(13(17)18)8-9-14(3,4)5/h10-11H,6-9H2,1-5H3,(H,15,16)(H,17,18). The predicted octanol–water partition coefficient (Wildman–Crippen LogP) is 2.82. The zero-order valence-electron chi connectivity index (χ0n) is 12.2. The number of hydrogen-bond donors (Lipinski definition) is 2. The Balaban J connectivity index is 4.19. The van der Waals surface area contributed by atoms with E-state index in [1.54, 1.807) is 0 Å². The highest BCUT2D eigenvalue weighted by molar-refractivity contribution is 5.83. The van der Waals surface area contributed by atoms with Crippen molar-refractivity contribution in [2.45, 2.75) is 66.3 Å². The van der Waals surface area contributed by atoms with E-state index in [-0.39, 0.29) is 11.3 Å². The first-order chi connectivity index (χ1) is 8.11. The van der Waals surface area contributed by atoms with Gasteiger partial charge in [0.1, 0.15) is 6.04 Å². The quantitative estimate of drug-likeness (QED) is 0.737. The van der Waals surface area contributed by atoms with Gasteiger partial charge < -0.3 is 10.4 Å². The third-order valence-corrected chi connectivity index (χ3v) is 2.77. The van der Waals surface area contributed by atoms with E-state index in [9.17, 15) is 9.59 Å². The molecule has 0 bridgehead atoms. The van der Waals surface area contributed by atoms with Gasteiger partial charge >= 0.3 is 5.97 Å². The molecule has 0 aliphatic carbocycles. The number of nitrogens with one attached hydrogen (secondary N) is 1. The van der Waals surface area contributed by atoms with Crippen molar-refractivity contribution in [2.24, 2.45) is 11.3 Å². The Morgan fingerprint density at radius 3 is 2.11 bits per heavy atom. The second-order valence-corrected chi connectivity index (χ2v) is 6.49.